The van der Waals surface area contributed by atoms with Crippen molar-refractivity contribution in [3.05, 3.63) is 93.6 Å². The molecular weight excluding hydrogens is 531 g/mol. The Morgan fingerprint density at radius 1 is 1.06 bits per heavy atom. The number of carbonyl (C=O) groups is 2. The van der Waals surface area contributed by atoms with Gasteiger partial charge in [0.2, 0.25) is 0 Å². The van der Waals surface area contributed by atoms with E-state index in [0.29, 0.717) is 43.1 Å². The predicted octanol–water partition coefficient (Wildman–Crippen LogP) is 4.75. The van der Waals surface area contributed by atoms with Gasteiger partial charge in [-0.25, -0.2) is 4.72 Å². The molecule has 1 atom stereocenters. The minimum atomic E-state index is -1.71. The molecule has 1 aromatic carbocycles. The van der Waals surface area contributed by atoms with Crippen molar-refractivity contribution in [1.29, 1.82) is 0 Å². The first-order valence-electron chi connectivity index (χ1n) is 10.6. The van der Waals surface area contributed by atoms with Crippen LogP contribution in [-0.2, 0) is 11.4 Å². The SMILES string of the molecule is C=C(Cl)/C=C(Cl)\C(=C/CCl)[S+]([O-])Nc1ccc(C(=O)N2CCN(C(=O)c3ccccn3)CC2)cc1. The summed E-state index contributed by atoms with van der Waals surface area (Å²) in [6.07, 6.45) is 4.48. The zero-order valence-electron chi connectivity index (χ0n) is 18.6. The maximum absolute atomic E-state index is 12.9. The van der Waals surface area contributed by atoms with Crippen LogP contribution in [0.15, 0.2) is 82.4 Å². The average Bonchev–Trinajstić information content (AvgIpc) is 2.87. The van der Waals surface area contributed by atoms with Crippen molar-refractivity contribution in [2.45, 2.75) is 0 Å². The molecule has 0 spiro atoms. The number of allylic oxidation sites excluding steroid dienone is 4. The second-order valence-corrected chi connectivity index (χ2v) is 9.79. The molecule has 1 N–H and O–H groups in total. The largest absolute Gasteiger partial charge is 0.588 e. The van der Waals surface area contributed by atoms with Crippen LogP contribution in [0.3, 0.4) is 0 Å². The molecule has 3 rings (SSSR count). The summed E-state index contributed by atoms with van der Waals surface area (Å²) >= 11 is 16.0. The van der Waals surface area contributed by atoms with E-state index in [4.69, 9.17) is 34.8 Å². The van der Waals surface area contributed by atoms with Gasteiger partial charge in [-0.05, 0) is 48.6 Å². The Kier molecular flexibility index (Phi) is 10.1. The molecule has 1 aliphatic heterocycles. The molecule has 1 aromatic heterocycles. The van der Waals surface area contributed by atoms with Crippen LogP contribution >= 0.6 is 34.8 Å². The molecule has 1 unspecified atom stereocenters. The fourth-order valence-corrected chi connectivity index (χ4v) is 5.09. The van der Waals surface area contributed by atoms with Gasteiger partial charge in [0, 0.05) is 48.9 Å². The number of amides is 2. The lowest BCUT2D eigenvalue weighted by Gasteiger charge is -2.34. The molecular formula is C24H23Cl3N4O3S. The molecule has 35 heavy (non-hydrogen) atoms. The predicted molar refractivity (Wildman–Crippen MR) is 142 cm³/mol. The minimum absolute atomic E-state index is 0.107. The molecule has 0 aliphatic carbocycles. The molecule has 1 fully saturated rings. The summed E-state index contributed by atoms with van der Waals surface area (Å²) in [5.74, 6) is -0.179. The number of hydrogen-bond donors (Lipinski definition) is 1. The number of halogens is 3. The van der Waals surface area contributed by atoms with Crippen LogP contribution in [0.4, 0.5) is 5.69 Å². The number of alkyl halides is 1. The number of anilines is 1. The first-order valence-corrected chi connectivity index (χ1v) is 13.0. The number of carbonyl (C=O) groups excluding carboxylic acids is 2. The number of aromatic nitrogens is 1. The van der Waals surface area contributed by atoms with Gasteiger partial charge in [-0.2, -0.15) is 0 Å². The summed E-state index contributed by atoms with van der Waals surface area (Å²) in [6.45, 7) is 5.24. The highest BCUT2D eigenvalue weighted by atomic mass is 35.5. The zero-order valence-corrected chi connectivity index (χ0v) is 21.7. The first kappa shape index (κ1) is 27.1. The molecule has 0 saturated carbocycles. The molecule has 0 radical (unpaired) electrons. The van der Waals surface area contributed by atoms with Crippen molar-refractivity contribution in [2.75, 3.05) is 36.8 Å². The van der Waals surface area contributed by atoms with Gasteiger partial charge in [-0.15, -0.1) is 11.6 Å². The van der Waals surface area contributed by atoms with E-state index in [1.54, 1.807) is 58.5 Å². The Morgan fingerprint density at radius 2 is 1.69 bits per heavy atom. The van der Waals surface area contributed by atoms with Crippen LogP contribution in [0.5, 0.6) is 0 Å². The second-order valence-electron chi connectivity index (χ2n) is 7.41. The summed E-state index contributed by atoms with van der Waals surface area (Å²) in [5, 5.41) is 0.348. The number of nitrogens with one attached hydrogen (secondary N) is 1. The maximum atomic E-state index is 12.9. The van der Waals surface area contributed by atoms with E-state index >= 15 is 0 Å². The molecule has 11 heteroatoms. The standard InChI is InChI=1S/C24H23Cl3N4O3S/c1-17(26)16-20(27)22(9-10-25)35(34)29-19-7-5-18(6-8-19)23(32)30-12-14-31(15-13-30)24(33)21-4-2-3-11-28-21/h2-9,11,16,29H,1,10,12-15H2/b20-16+,22-9+. The second kappa shape index (κ2) is 13.0. The van der Waals surface area contributed by atoms with Crippen LogP contribution < -0.4 is 4.72 Å². The lowest BCUT2D eigenvalue weighted by Crippen LogP contribution is -2.50. The molecule has 0 bridgehead atoms. The first-order chi connectivity index (χ1) is 16.8. The summed E-state index contributed by atoms with van der Waals surface area (Å²) in [6, 6.07) is 11.8. The lowest BCUT2D eigenvalue weighted by atomic mass is 10.1. The summed E-state index contributed by atoms with van der Waals surface area (Å²) < 4.78 is 15.6. The lowest BCUT2D eigenvalue weighted by molar-refractivity contribution is 0.0532. The van der Waals surface area contributed by atoms with Gasteiger partial charge < -0.3 is 14.4 Å². The fraction of sp³-hybridized carbons (Fsp3) is 0.208. The number of rotatable bonds is 8. The minimum Gasteiger partial charge on any atom is -0.588 e. The van der Waals surface area contributed by atoms with E-state index in [1.807, 2.05) is 0 Å². The molecule has 1 aliphatic rings. The highest BCUT2D eigenvalue weighted by molar-refractivity contribution is 7.96. The van der Waals surface area contributed by atoms with Crippen LogP contribution in [0.2, 0.25) is 0 Å². The van der Waals surface area contributed by atoms with Crippen molar-refractivity contribution in [1.82, 2.24) is 14.8 Å². The Hall–Kier alpha value is -2.49. The molecule has 2 aromatic rings. The molecule has 2 heterocycles. The number of nitrogens with zero attached hydrogens (tertiary/aromatic N) is 3. The smallest absolute Gasteiger partial charge is 0.272 e. The van der Waals surface area contributed by atoms with Crippen LogP contribution in [0.25, 0.3) is 0 Å². The highest BCUT2D eigenvalue weighted by Crippen LogP contribution is 2.26. The summed E-state index contributed by atoms with van der Waals surface area (Å²) in [7, 11) is 0. The molecule has 7 nitrogen and oxygen atoms in total. The van der Waals surface area contributed by atoms with Gasteiger partial charge in [0.15, 0.2) is 4.91 Å². The Bertz CT molecular complexity index is 1120. The quantitative estimate of drug-likeness (QED) is 0.289. The van der Waals surface area contributed by atoms with Crippen molar-refractivity contribution >= 4 is 63.7 Å². The van der Waals surface area contributed by atoms with Crippen LogP contribution in [-0.4, -0.2) is 63.2 Å². The summed E-state index contributed by atoms with van der Waals surface area (Å²) in [4.78, 5) is 33.2. The van der Waals surface area contributed by atoms with Crippen LogP contribution in [0, 0.1) is 0 Å². The van der Waals surface area contributed by atoms with E-state index in [0.717, 1.165) is 0 Å². The number of hydrogen-bond acceptors (Lipinski definition) is 5. The van der Waals surface area contributed by atoms with Crippen molar-refractivity contribution in [3.8, 4) is 0 Å². The normalized spacial score (nSPS) is 15.5. The van der Waals surface area contributed by atoms with Gasteiger partial charge in [0.05, 0.1) is 10.7 Å². The molecule has 2 amide bonds. The van der Waals surface area contributed by atoms with Gasteiger partial charge in [0.25, 0.3) is 11.8 Å². The van der Waals surface area contributed by atoms with Gasteiger partial charge in [-0.1, -0.05) is 35.8 Å². The maximum Gasteiger partial charge on any atom is 0.272 e. The number of pyridine rings is 1. The number of benzene rings is 1. The monoisotopic (exact) mass is 552 g/mol. The topological polar surface area (TPSA) is 88.6 Å². The van der Waals surface area contributed by atoms with Crippen molar-refractivity contribution in [3.63, 3.8) is 0 Å². The fourth-order valence-electron chi connectivity index (χ4n) is 3.33. The zero-order chi connectivity index (χ0) is 25.4. The summed E-state index contributed by atoms with van der Waals surface area (Å²) in [5.41, 5.74) is 1.40. The van der Waals surface area contributed by atoms with Gasteiger partial charge in [-0.3, -0.25) is 14.6 Å². The van der Waals surface area contributed by atoms with Gasteiger partial charge in [0.1, 0.15) is 17.1 Å². The Labute approximate surface area is 222 Å². The Balaban J connectivity index is 1.59. The van der Waals surface area contributed by atoms with E-state index < -0.39 is 11.4 Å². The average molecular weight is 554 g/mol. The van der Waals surface area contributed by atoms with E-state index in [1.165, 1.54) is 12.2 Å². The third-order valence-electron chi connectivity index (χ3n) is 5.06. The van der Waals surface area contributed by atoms with E-state index in [2.05, 4.69) is 16.3 Å². The third-order valence-corrected chi connectivity index (χ3v) is 6.96. The van der Waals surface area contributed by atoms with Gasteiger partial charge >= 0.3 is 0 Å². The Morgan fingerprint density at radius 3 is 2.23 bits per heavy atom. The third kappa shape index (κ3) is 7.49. The number of piperazine rings is 1. The van der Waals surface area contributed by atoms with E-state index in [9.17, 15) is 14.1 Å². The molecule has 1 saturated heterocycles. The molecule has 184 valence electrons. The van der Waals surface area contributed by atoms with Crippen molar-refractivity contribution < 1.29 is 14.1 Å². The van der Waals surface area contributed by atoms with Crippen LogP contribution in [0.1, 0.15) is 20.8 Å². The highest BCUT2D eigenvalue weighted by Gasteiger charge is 2.26. The van der Waals surface area contributed by atoms with Crippen molar-refractivity contribution in [2.24, 2.45) is 0 Å². The van der Waals surface area contributed by atoms with E-state index in [-0.39, 0.29) is 32.7 Å².